The first-order chi connectivity index (χ1) is 7.81. The van der Waals surface area contributed by atoms with E-state index in [-0.39, 0.29) is 0 Å². The summed E-state index contributed by atoms with van der Waals surface area (Å²) in [7, 11) is 0. The molecule has 16 heavy (non-hydrogen) atoms. The second kappa shape index (κ2) is 5.13. The van der Waals surface area contributed by atoms with Gasteiger partial charge in [0.05, 0.1) is 16.6 Å². The quantitative estimate of drug-likeness (QED) is 0.737. The summed E-state index contributed by atoms with van der Waals surface area (Å²) in [5.74, 6) is 0. The molecule has 0 saturated carbocycles. The molecule has 0 N–H and O–H groups in total. The van der Waals surface area contributed by atoms with Gasteiger partial charge in [0.2, 0.25) is 0 Å². The van der Waals surface area contributed by atoms with Crippen LogP contribution in [0.5, 0.6) is 0 Å². The Morgan fingerprint density at radius 2 is 2.12 bits per heavy atom. The van der Waals surface area contributed by atoms with Crippen molar-refractivity contribution in [3.8, 4) is 6.07 Å². The number of hydrogen-bond donors (Lipinski definition) is 0. The van der Waals surface area contributed by atoms with Crippen LogP contribution in [0.25, 0.3) is 6.08 Å². The maximum absolute atomic E-state index is 8.51. The normalized spacial score (nSPS) is 16.6. The van der Waals surface area contributed by atoms with Crippen molar-refractivity contribution in [1.82, 2.24) is 4.98 Å². The maximum atomic E-state index is 8.51. The number of aromatic nitrogens is 1. The number of anilines is 1. The van der Waals surface area contributed by atoms with Crippen molar-refractivity contribution in [3.05, 3.63) is 16.6 Å². The van der Waals surface area contributed by atoms with E-state index in [0.29, 0.717) is 0 Å². The summed E-state index contributed by atoms with van der Waals surface area (Å²) in [4.78, 5) is 8.02. The number of hydrogen-bond acceptors (Lipinski definition) is 4. The number of aryl methyl sites for hydroxylation is 1. The molecule has 4 heteroatoms. The van der Waals surface area contributed by atoms with Crippen LogP contribution in [-0.2, 0) is 0 Å². The average Bonchev–Trinajstić information content (AvgIpc) is 2.69. The SMILES string of the molecule is Cc1nc(N2CCCCC2)sc1C=CC#N. The highest BCUT2D eigenvalue weighted by atomic mass is 32.1. The van der Waals surface area contributed by atoms with Gasteiger partial charge in [0.1, 0.15) is 0 Å². The Labute approximate surface area is 100 Å². The molecule has 2 rings (SSSR count). The van der Waals surface area contributed by atoms with E-state index in [1.54, 1.807) is 11.3 Å². The first-order valence-electron chi connectivity index (χ1n) is 5.60. The molecule has 0 amide bonds. The second-order valence-electron chi connectivity index (χ2n) is 3.96. The number of thiazole rings is 1. The van der Waals surface area contributed by atoms with Crippen LogP contribution < -0.4 is 4.90 Å². The van der Waals surface area contributed by atoms with Crippen molar-refractivity contribution in [1.29, 1.82) is 5.26 Å². The summed E-state index contributed by atoms with van der Waals surface area (Å²) in [5, 5.41) is 9.62. The number of nitriles is 1. The average molecular weight is 233 g/mol. The molecule has 1 saturated heterocycles. The molecule has 2 heterocycles. The molecule has 1 fully saturated rings. The van der Waals surface area contributed by atoms with Gasteiger partial charge in [-0.25, -0.2) is 4.98 Å². The van der Waals surface area contributed by atoms with Gasteiger partial charge in [0.25, 0.3) is 0 Å². The largest absolute Gasteiger partial charge is 0.348 e. The van der Waals surface area contributed by atoms with E-state index in [4.69, 9.17) is 5.26 Å². The molecule has 0 radical (unpaired) electrons. The van der Waals surface area contributed by atoms with Crippen LogP contribution in [0.3, 0.4) is 0 Å². The van der Waals surface area contributed by atoms with E-state index in [9.17, 15) is 0 Å². The lowest BCUT2D eigenvalue weighted by molar-refractivity contribution is 0.576. The Morgan fingerprint density at radius 1 is 1.38 bits per heavy atom. The summed E-state index contributed by atoms with van der Waals surface area (Å²) in [6, 6.07) is 2.02. The molecular weight excluding hydrogens is 218 g/mol. The lowest BCUT2D eigenvalue weighted by Gasteiger charge is -2.25. The van der Waals surface area contributed by atoms with E-state index in [1.165, 1.54) is 25.3 Å². The summed E-state index contributed by atoms with van der Waals surface area (Å²) in [6.07, 6.45) is 7.23. The molecule has 84 valence electrons. The Bertz CT molecular complexity index is 422. The third kappa shape index (κ3) is 2.42. The molecule has 0 atom stereocenters. The van der Waals surface area contributed by atoms with Crippen molar-refractivity contribution >= 4 is 22.5 Å². The van der Waals surface area contributed by atoms with Crippen LogP contribution in [0.15, 0.2) is 6.08 Å². The fourth-order valence-corrected chi connectivity index (χ4v) is 2.90. The highest BCUT2D eigenvalue weighted by Gasteiger charge is 2.15. The Balaban J connectivity index is 2.16. The predicted octanol–water partition coefficient (Wildman–Crippen LogP) is 2.98. The summed E-state index contributed by atoms with van der Waals surface area (Å²) < 4.78 is 0. The molecule has 0 unspecified atom stereocenters. The van der Waals surface area contributed by atoms with Crippen LogP contribution in [0.2, 0.25) is 0 Å². The Kier molecular flexibility index (Phi) is 3.58. The highest BCUT2D eigenvalue weighted by molar-refractivity contribution is 7.16. The summed E-state index contributed by atoms with van der Waals surface area (Å²) in [6.45, 7) is 4.24. The minimum atomic E-state index is 1.03. The van der Waals surface area contributed by atoms with Crippen LogP contribution in [0.1, 0.15) is 29.8 Å². The molecule has 0 aromatic carbocycles. The van der Waals surface area contributed by atoms with Crippen LogP contribution in [0.4, 0.5) is 5.13 Å². The molecule has 0 bridgehead atoms. The molecule has 1 aromatic heterocycles. The fourth-order valence-electron chi connectivity index (χ4n) is 1.88. The van der Waals surface area contributed by atoms with Crippen molar-refractivity contribution in [2.75, 3.05) is 18.0 Å². The third-order valence-electron chi connectivity index (χ3n) is 2.76. The molecule has 1 aromatic rings. The maximum Gasteiger partial charge on any atom is 0.186 e. The van der Waals surface area contributed by atoms with Crippen molar-refractivity contribution < 1.29 is 0 Å². The van der Waals surface area contributed by atoms with E-state index >= 15 is 0 Å². The van der Waals surface area contributed by atoms with Gasteiger partial charge in [-0.05, 0) is 32.3 Å². The van der Waals surface area contributed by atoms with E-state index < -0.39 is 0 Å². The lowest BCUT2D eigenvalue weighted by atomic mass is 10.1. The van der Waals surface area contributed by atoms with Gasteiger partial charge in [-0.1, -0.05) is 11.3 Å². The molecule has 1 aliphatic heterocycles. The zero-order valence-electron chi connectivity index (χ0n) is 9.44. The van der Waals surface area contributed by atoms with Gasteiger partial charge < -0.3 is 4.90 Å². The van der Waals surface area contributed by atoms with Gasteiger partial charge in [0.15, 0.2) is 5.13 Å². The number of allylic oxidation sites excluding steroid dienone is 1. The second-order valence-corrected chi connectivity index (χ2v) is 4.97. The van der Waals surface area contributed by atoms with E-state index in [1.807, 2.05) is 19.1 Å². The predicted molar refractivity (Wildman–Crippen MR) is 67.6 cm³/mol. The molecule has 1 aliphatic rings. The lowest BCUT2D eigenvalue weighted by Crippen LogP contribution is -2.29. The van der Waals surface area contributed by atoms with Gasteiger partial charge in [-0.15, -0.1) is 0 Å². The monoisotopic (exact) mass is 233 g/mol. The third-order valence-corrected chi connectivity index (χ3v) is 3.94. The Morgan fingerprint density at radius 3 is 2.81 bits per heavy atom. The molecular formula is C12H15N3S. The molecule has 0 spiro atoms. The van der Waals surface area contributed by atoms with Gasteiger partial charge in [-0.2, -0.15) is 5.26 Å². The number of nitrogens with zero attached hydrogens (tertiary/aromatic N) is 3. The first-order valence-corrected chi connectivity index (χ1v) is 6.41. The minimum Gasteiger partial charge on any atom is -0.348 e. The van der Waals surface area contributed by atoms with Crippen LogP contribution in [-0.4, -0.2) is 18.1 Å². The van der Waals surface area contributed by atoms with Crippen molar-refractivity contribution in [3.63, 3.8) is 0 Å². The smallest absolute Gasteiger partial charge is 0.186 e. The zero-order chi connectivity index (χ0) is 11.4. The minimum absolute atomic E-state index is 1.03. The van der Waals surface area contributed by atoms with E-state index in [0.717, 1.165) is 28.8 Å². The van der Waals surface area contributed by atoms with Crippen molar-refractivity contribution in [2.45, 2.75) is 26.2 Å². The highest BCUT2D eigenvalue weighted by Crippen LogP contribution is 2.28. The van der Waals surface area contributed by atoms with E-state index in [2.05, 4.69) is 9.88 Å². The molecule has 0 aliphatic carbocycles. The number of rotatable bonds is 2. The standard InChI is InChI=1S/C12H15N3S/c1-10-11(6-5-7-13)16-12(14-10)15-8-3-2-4-9-15/h5-6H,2-4,8-9H2,1H3. The Hall–Kier alpha value is -1.34. The summed E-state index contributed by atoms with van der Waals surface area (Å²) in [5.41, 5.74) is 1.03. The zero-order valence-corrected chi connectivity index (χ0v) is 10.3. The van der Waals surface area contributed by atoms with Gasteiger partial charge >= 0.3 is 0 Å². The van der Waals surface area contributed by atoms with Crippen LogP contribution >= 0.6 is 11.3 Å². The number of piperidine rings is 1. The molecule has 3 nitrogen and oxygen atoms in total. The van der Waals surface area contributed by atoms with Gasteiger partial charge in [0, 0.05) is 19.2 Å². The topological polar surface area (TPSA) is 39.9 Å². The summed E-state index contributed by atoms with van der Waals surface area (Å²) >= 11 is 1.68. The van der Waals surface area contributed by atoms with Crippen molar-refractivity contribution in [2.24, 2.45) is 0 Å². The van der Waals surface area contributed by atoms with Gasteiger partial charge in [-0.3, -0.25) is 0 Å². The fraction of sp³-hybridized carbons (Fsp3) is 0.500. The van der Waals surface area contributed by atoms with Crippen LogP contribution in [0, 0.1) is 18.3 Å². The first kappa shape index (κ1) is 11.2.